The Labute approximate surface area is 132 Å². The van der Waals surface area contributed by atoms with Gasteiger partial charge in [-0.05, 0) is 35.0 Å². The zero-order valence-electron chi connectivity index (χ0n) is 10.6. The molecule has 3 N–H and O–H groups in total. The highest BCUT2D eigenvalue weighted by atomic mass is 79.9. The molecule has 1 aromatic rings. The van der Waals surface area contributed by atoms with Crippen molar-refractivity contribution in [2.24, 2.45) is 0 Å². The van der Waals surface area contributed by atoms with Crippen molar-refractivity contribution in [3.05, 3.63) is 22.8 Å². The Morgan fingerprint density at radius 1 is 1.35 bits per heavy atom. The summed E-state index contributed by atoms with van der Waals surface area (Å²) in [5.74, 6) is 1.54. The molecule has 0 aromatic carbocycles. The summed E-state index contributed by atoms with van der Waals surface area (Å²) in [7, 11) is -4.67. The van der Waals surface area contributed by atoms with Crippen molar-refractivity contribution in [2.75, 3.05) is 25.4 Å². The van der Waals surface area contributed by atoms with Crippen LogP contribution in [0.2, 0.25) is 0 Å². The quantitative estimate of drug-likeness (QED) is 0.318. The van der Waals surface area contributed by atoms with Gasteiger partial charge in [0.1, 0.15) is 0 Å². The lowest BCUT2D eigenvalue weighted by Crippen LogP contribution is -2.19. The van der Waals surface area contributed by atoms with Crippen LogP contribution in [0, 0.1) is 0 Å². The summed E-state index contributed by atoms with van der Waals surface area (Å²) in [6.07, 6.45) is 2.71. The molecule has 1 aromatic heterocycles. The van der Waals surface area contributed by atoms with E-state index in [1.165, 1.54) is 0 Å². The molecular weight excluding hydrogens is 372 g/mol. The van der Waals surface area contributed by atoms with Gasteiger partial charge in [0.15, 0.2) is 0 Å². The highest BCUT2D eigenvalue weighted by molar-refractivity contribution is 9.10. The molecule has 0 bridgehead atoms. The van der Waals surface area contributed by atoms with Gasteiger partial charge in [0.05, 0.1) is 6.61 Å². The zero-order valence-corrected chi connectivity index (χ0v) is 13.9. The Bertz CT molecular complexity index is 447. The van der Waals surface area contributed by atoms with Crippen molar-refractivity contribution in [1.29, 1.82) is 0 Å². The van der Waals surface area contributed by atoms with E-state index in [0.717, 1.165) is 29.7 Å². The Hall–Kier alpha value is -0.390. The first-order valence-corrected chi connectivity index (χ1v) is 8.41. The molecular formula is C10H17BrN2O5S2. The summed E-state index contributed by atoms with van der Waals surface area (Å²) in [5, 5.41) is 3.25. The molecule has 0 fully saturated rings. The van der Waals surface area contributed by atoms with Crippen LogP contribution in [0.15, 0.2) is 22.8 Å². The molecule has 1 heterocycles. The van der Waals surface area contributed by atoms with Crippen molar-refractivity contribution < 1.29 is 22.3 Å². The number of aromatic nitrogens is 1. The van der Waals surface area contributed by atoms with Crippen LogP contribution in [0.3, 0.4) is 0 Å². The van der Waals surface area contributed by atoms with Crippen molar-refractivity contribution in [1.82, 2.24) is 10.3 Å². The van der Waals surface area contributed by atoms with Gasteiger partial charge < -0.3 is 10.1 Å². The standard InChI is InChI=1S/C10H15BrN2OS.H2O4S/c11-9-2-3-10(13-8-9)14-6-1-4-12-5-7-15;1-5(2,3)4/h2-3,8,12,15H,1,4-7H2;(H2,1,2,3,4). The predicted octanol–water partition coefficient (Wildman–Crippen LogP) is 1.48. The van der Waals surface area contributed by atoms with Crippen LogP contribution in [0.1, 0.15) is 6.42 Å². The van der Waals surface area contributed by atoms with Gasteiger partial charge in [-0.2, -0.15) is 21.0 Å². The third kappa shape index (κ3) is 15.7. The van der Waals surface area contributed by atoms with Gasteiger partial charge in [-0.1, -0.05) is 0 Å². The number of nitrogens with one attached hydrogen (secondary N) is 1. The Morgan fingerprint density at radius 2 is 2.00 bits per heavy atom. The number of pyridine rings is 1. The molecule has 0 atom stereocenters. The van der Waals surface area contributed by atoms with E-state index in [2.05, 4.69) is 38.9 Å². The van der Waals surface area contributed by atoms with Gasteiger partial charge in [-0.25, -0.2) is 4.98 Å². The number of halogens is 1. The lowest BCUT2D eigenvalue weighted by molar-refractivity contribution is 0.297. The molecule has 0 aliphatic carbocycles. The average molecular weight is 389 g/mol. The maximum Gasteiger partial charge on any atom is 0.394 e. The SMILES string of the molecule is O=S(=O)(O)O.SCCNCCCOc1ccc(Br)cn1. The molecule has 0 spiro atoms. The van der Waals surface area contributed by atoms with Gasteiger partial charge >= 0.3 is 10.4 Å². The molecule has 1 rings (SSSR count). The van der Waals surface area contributed by atoms with E-state index >= 15 is 0 Å². The molecule has 10 heteroatoms. The van der Waals surface area contributed by atoms with E-state index in [0.29, 0.717) is 12.5 Å². The van der Waals surface area contributed by atoms with E-state index in [-0.39, 0.29) is 0 Å². The number of nitrogens with zero attached hydrogens (tertiary/aromatic N) is 1. The first kappa shape index (κ1) is 19.6. The van der Waals surface area contributed by atoms with Gasteiger partial charge in [0, 0.05) is 29.0 Å². The third-order valence-corrected chi connectivity index (χ3v) is 2.43. The van der Waals surface area contributed by atoms with Crippen molar-refractivity contribution in [2.45, 2.75) is 6.42 Å². The maximum absolute atomic E-state index is 8.74. The van der Waals surface area contributed by atoms with E-state index < -0.39 is 10.4 Å². The van der Waals surface area contributed by atoms with E-state index in [9.17, 15) is 0 Å². The summed E-state index contributed by atoms with van der Waals surface area (Å²) in [5.41, 5.74) is 0. The number of rotatable bonds is 7. The summed E-state index contributed by atoms with van der Waals surface area (Å²) in [4.78, 5) is 4.11. The molecule has 0 aliphatic rings. The fraction of sp³-hybridized carbons (Fsp3) is 0.500. The topological polar surface area (TPSA) is 109 Å². The lowest BCUT2D eigenvalue weighted by Gasteiger charge is -2.05. The highest BCUT2D eigenvalue weighted by Gasteiger charge is 1.94. The highest BCUT2D eigenvalue weighted by Crippen LogP contribution is 2.12. The summed E-state index contributed by atoms with van der Waals surface area (Å²) >= 11 is 7.42. The molecule has 0 saturated carbocycles. The second kappa shape index (κ2) is 11.3. The normalized spacial score (nSPS) is 10.6. The predicted molar refractivity (Wildman–Crippen MR) is 82.9 cm³/mol. The fourth-order valence-electron chi connectivity index (χ4n) is 1.03. The van der Waals surface area contributed by atoms with Crippen LogP contribution < -0.4 is 10.1 Å². The largest absolute Gasteiger partial charge is 0.478 e. The van der Waals surface area contributed by atoms with E-state index in [1.54, 1.807) is 6.20 Å². The van der Waals surface area contributed by atoms with Gasteiger partial charge in [0.25, 0.3) is 0 Å². The monoisotopic (exact) mass is 388 g/mol. The lowest BCUT2D eigenvalue weighted by atomic mass is 10.4. The molecule has 0 saturated heterocycles. The molecule has 0 unspecified atom stereocenters. The van der Waals surface area contributed by atoms with Crippen LogP contribution in [0.4, 0.5) is 0 Å². The van der Waals surface area contributed by atoms with Crippen LogP contribution in [0.25, 0.3) is 0 Å². The van der Waals surface area contributed by atoms with Crippen molar-refractivity contribution in [3.63, 3.8) is 0 Å². The first-order valence-electron chi connectivity index (χ1n) is 5.58. The van der Waals surface area contributed by atoms with Crippen LogP contribution in [-0.4, -0.2) is 48.0 Å². The second-order valence-electron chi connectivity index (χ2n) is 3.44. The first-order chi connectivity index (χ1) is 9.33. The molecule has 7 nitrogen and oxygen atoms in total. The van der Waals surface area contributed by atoms with Crippen LogP contribution in [-0.2, 0) is 10.4 Å². The summed E-state index contributed by atoms with van der Waals surface area (Å²) in [6, 6.07) is 3.77. The molecule has 0 aliphatic heterocycles. The Kier molecular flexibility index (Phi) is 11.1. The zero-order chi connectivity index (χ0) is 15.4. The number of ether oxygens (including phenoxy) is 1. The summed E-state index contributed by atoms with van der Waals surface area (Å²) < 4.78 is 38.0. The Morgan fingerprint density at radius 3 is 2.50 bits per heavy atom. The van der Waals surface area contributed by atoms with Crippen LogP contribution >= 0.6 is 28.6 Å². The number of hydrogen-bond acceptors (Lipinski definition) is 6. The second-order valence-corrected chi connectivity index (χ2v) is 5.70. The average Bonchev–Trinajstić information content (AvgIpc) is 2.34. The smallest absolute Gasteiger partial charge is 0.394 e. The van der Waals surface area contributed by atoms with E-state index in [1.807, 2.05) is 12.1 Å². The minimum absolute atomic E-state index is 0.674. The van der Waals surface area contributed by atoms with Gasteiger partial charge in [-0.3, -0.25) is 9.11 Å². The molecule has 20 heavy (non-hydrogen) atoms. The number of hydrogen-bond donors (Lipinski definition) is 4. The van der Waals surface area contributed by atoms with Crippen molar-refractivity contribution >= 4 is 39.0 Å². The maximum atomic E-state index is 8.74. The third-order valence-electron chi connectivity index (χ3n) is 1.74. The molecule has 116 valence electrons. The minimum atomic E-state index is -4.67. The fourth-order valence-corrected chi connectivity index (χ4v) is 1.42. The molecule has 0 amide bonds. The van der Waals surface area contributed by atoms with Crippen LogP contribution in [0.5, 0.6) is 5.88 Å². The summed E-state index contributed by atoms with van der Waals surface area (Å²) in [6.45, 7) is 2.59. The van der Waals surface area contributed by atoms with Gasteiger partial charge in [0.2, 0.25) is 5.88 Å². The molecule has 0 radical (unpaired) electrons. The van der Waals surface area contributed by atoms with E-state index in [4.69, 9.17) is 22.3 Å². The Balaban J connectivity index is 0.000000621. The number of thiol groups is 1. The minimum Gasteiger partial charge on any atom is -0.478 e. The van der Waals surface area contributed by atoms with Crippen molar-refractivity contribution in [3.8, 4) is 5.88 Å². The van der Waals surface area contributed by atoms with Gasteiger partial charge in [-0.15, -0.1) is 0 Å².